The normalized spacial score (nSPS) is 16.2. The van der Waals surface area contributed by atoms with Crippen LogP contribution in [0.4, 0.5) is 0 Å². The van der Waals surface area contributed by atoms with Crippen molar-refractivity contribution in [1.29, 1.82) is 0 Å². The van der Waals surface area contributed by atoms with Crippen molar-refractivity contribution in [2.24, 2.45) is 0 Å². The van der Waals surface area contributed by atoms with Gasteiger partial charge >= 0.3 is 0 Å². The Labute approximate surface area is 118 Å². The summed E-state index contributed by atoms with van der Waals surface area (Å²) in [5.41, 5.74) is 0.305. The summed E-state index contributed by atoms with van der Waals surface area (Å²) in [6, 6.07) is 1.61. The Morgan fingerprint density at radius 2 is 2.35 bits per heavy atom. The second kappa shape index (κ2) is 7.98. The van der Waals surface area contributed by atoms with Gasteiger partial charge in [0, 0.05) is 45.9 Å². The van der Waals surface area contributed by atoms with Gasteiger partial charge in [0.05, 0.1) is 0 Å². The number of piperazine rings is 1. The third-order valence-electron chi connectivity index (χ3n) is 3.22. The Balaban J connectivity index is 1.63. The minimum atomic E-state index is -0.198. The van der Waals surface area contributed by atoms with Gasteiger partial charge in [-0.2, -0.15) is 0 Å². The van der Waals surface area contributed by atoms with E-state index in [0.29, 0.717) is 24.6 Å². The molecule has 0 bridgehead atoms. The van der Waals surface area contributed by atoms with Crippen LogP contribution in [0.25, 0.3) is 0 Å². The molecule has 112 valence electrons. The lowest BCUT2D eigenvalue weighted by atomic mass is 10.3. The van der Waals surface area contributed by atoms with Crippen molar-refractivity contribution in [3.05, 3.63) is 17.5 Å². The van der Waals surface area contributed by atoms with Crippen LogP contribution in [-0.4, -0.2) is 62.3 Å². The lowest BCUT2D eigenvalue weighted by molar-refractivity contribution is 0.0941. The molecule has 1 fully saturated rings. The average Bonchev–Trinajstić information content (AvgIpc) is 2.94. The quantitative estimate of drug-likeness (QED) is 0.677. The van der Waals surface area contributed by atoms with Crippen molar-refractivity contribution < 1.29 is 14.1 Å². The number of ether oxygens (including phenoxy) is 1. The van der Waals surface area contributed by atoms with E-state index >= 15 is 0 Å². The van der Waals surface area contributed by atoms with Gasteiger partial charge in [-0.05, 0) is 13.0 Å². The summed E-state index contributed by atoms with van der Waals surface area (Å²) in [5, 5.41) is 9.88. The zero-order valence-corrected chi connectivity index (χ0v) is 11.9. The van der Waals surface area contributed by atoms with Gasteiger partial charge in [0.2, 0.25) is 0 Å². The standard InChI is InChI=1S/C13H22N4O3/c1-19-10-11-9-12(16-20-11)13(18)15-3-2-6-17-7-4-14-5-8-17/h9,14H,2-8,10H2,1H3,(H,15,18). The lowest BCUT2D eigenvalue weighted by Gasteiger charge is -2.26. The van der Waals surface area contributed by atoms with Crippen molar-refractivity contribution >= 4 is 5.91 Å². The van der Waals surface area contributed by atoms with Crippen molar-refractivity contribution in [2.45, 2.75) is 13.0 Å². The molecule has 1 aliphatic rings. The van der Waals surface area contributed by atoms with Crippen molar-refractivity contribution in [2.75, 3.05) is 46.4 Å². The third-order valence-corrected chi connectivity index (χ3v) is 3.22. The molecule has 2 rings (SSSR count). The number of amides is 1. The summed E-state index contributed by atoms with van der Waals surface area (Å²) in [5.74, 6) is 0.356. The van der Waals surface area contributed by atoms with Crippen LogP contribution in [0, 0.1) is 0 Å². The molecule has 0 aromatic carbocycles. The van der Waals surface area contributed by atoms with E-state index < -0.39 is 0 Å². The maximum Gasteiger partial charge on any atom is 0.273 e. The average molecular weight is 282 g/mol. The number of aromatic nitrogens is 1. The Hall–Kier alpha value is -1.44. The van der Waals surface area contributed by atoms with Crippen LogP contribution < -0.4 is 10.6 Å². The Morgan fingerprint density at radius 1 is 1.55 bits per heavy atom. The SMILES string of the molecule is COCc1cc(C(=O)NCCCN2CCNCC2)no1. The maximum atomic E-state index is 11.8. The molecule has 2 N–H and O–H groups in total. The summed E-state index contributed by atoms with van der Waals surface area (Å²) < 4.78 is 9.89. The molecule has 0 spiro atoms. The maximum absolute atomic E-state index is 11.8. The highest BCUT2D eigenvalue weighted by atomic mass is 16.5. The Bertz CT molecular complexity index is 416. The van der Waals surface area contributed by atoms with Gasteiger partial charge in [0.1, 0.15) is 6.61 Å². The zero-order valence-electron chi connectivity index (χ0n) is 11.9. The molecule has 7 heteroatoms. The topological polar surface area (TPSA) is 79.6 Å². The third kappa shape index (κ3) is 4.59. The molecule has 0 unspecified atom stereocenters. The highest BCUT2D eigenvalue weighted by Crippen LogP contribution is 2.04. The summed E-state index contributed by atoms with van der Waals surface area (Å²) in [6.07, 6.45) is 0.939. The first-order valence-electron chi connectivity index (χ1n) is 6.95. The number of nitrogens with one attached hydrogen (secondary N) is 2. The monoisotopic (exact) mass is 282 g/mol. The molecular formula is C13H22N4O3. The molecule has 1 aromatic heterocycles. The molecule has 20 heavy (non-hydrogen) atoms. The largest absolute Gasteiger partial charge is 0.377 e. The molecule has 1 amide bonds. The smallest absolute Gasteiger partial charge is 0.273 e. The predicted molar refractivity (Wildman–Crippen MR) is 73.5 cm³/mol. The van der Waals surface area contributed by atoms with Crippen molar-refractivity contribution in [3.8, 4) is 0 Å². The van der Waals surface area contributed by atoms with Crippen LogP contribution in [0.1, 0.15) is 22.7 Å². The lowest BCUT2D eigenvalue weighted by Crippen LogP contribution is -2.44. The predicted octanol–water partition coefficient (Wildman–Crippen LogP) is -0.154. The highest BCUT2D eigenvalue weighted by molar-refractivity contribution is 5.92. The highest BCUT2D eigenvalue weighted by Gasteiger charge is 2.12. The molecule has 0 atom stereocenters. The Kier molecular flexibility index (Phi) is 5.97. The number of hydrogen-bond acceptors (Lipinski definition) is 6. The molecule has 1 aliphatic heterocycles. The molecular weight excluding hydrogens is 260 g/mol. The van der Waals surface area contributed by atoms with Gasteiger partial charge in [-0.15, -0.1) is 0 Å². The molecule has 0 aliphatic carbocycles. The van der Waals surface area contributed by atoms with E-state index in [4.69, 9.17) is 9.26 Å². The van der Waals surface area contributed by atoms with Gasteiger partial charge < -0.3 is 24.8 Å². The summed E-state index contributed by atoms with van der Waals surface area (Å²) >= 11 is 0. The van der Waals surface area contributed by atoms with Crippen LogP contribution in [-0.2, 0) is 11.3 Å². The van der Waals surface area contributed by atoms with Crippen LogP contribution in [0.3, 0.4) is 0 Å². The van der Waals surface area contributed by atoms with Gasteiger partial charge in [0.15, 0.2) is 11.5 Å². The summed E-state index contributed by atoms with van der Waals surface area (Å²) in [7, 11) is 1.57. The van der Waals surface area contributed by atoms with E-state index in [1.165, 1.54) is 0 Å². The molecule has 2 heterocycles. The van der Waals surface area contributed by atoms with E-state index in [1.807, 2.05) is 0 Å². The van der Waals surface area contributed by atoms with Crippen LogP contribution in [0.15, 0.2) is 10.6 Å². The van der Waals surface area contributed by atoms with Crippen LogP contribution in [0.2, 0.25) is 0 Å². The van der Waals surface area contributed by atoms with E-state index in [9.17, 15) is 4.79 Å². The van der Waals surface area contributed by atoms with Gasteiger partial charge in [-0.1, -0.05) is 5.16 Å². The van der Waals surface area contributed by atoms with Gasteiger partial charge in [-0.25, -0.2) is 0 Å². The van der Waals surface area contributed by atoms with Crippen molar-refractivity contribution in [1.82, 2.24) is 20.7 Å². The summed E-state index contributed by atoms with van der Waals surface area (Å²) in [6.45, 7) is 6.24. The van der Waals surface area contributed by atoms with Crippen molar-refractivity contribution in [3.63, 3.8) is 0 Å². The fraction of sp³-hybridized carbons (Fsp3) is 0.692. The van der Waals surface area contributed by atoms with Crippen LogP contribution >= 0.6 is 0 Å². The van der Waals surface area contributed by atoms with E-state index in [2.05, 4.69) is 20.7 Å². The molecule has 1 saturated heterocycles. The first-order chi connectivity index (χ1) is 9.79. The number of rotatable bonds is 7. The minimum Gasteiger partial charge on any atom is -0.377 e. The molecule has 0 saturated carbocycles. The number of carbonyl (C=O) groups is 1. The van der Waals surface area contributed by atoms with Crippen LogP contribution in [0.5, 0.6) is 0 Å². The Morgan fingerprint density at radius 3 is 3.10 bits per heavy atom. The number of carbonyl (C=O) groups excluding carboxylic acids is 1. The second-order valence-electron chi connectivity index (χ2n) is 4.81. The zero-order chi connectivity index (χ0) is 14.2. The number of hydrogen-bond donors (Lipinski definition) is 2. The second-order valence-corrected chi connectivity index (χ2v) is 4.81. The number of nitrogens with zero attached hydrogens (tertiary/aromatic N) is 2. The van der Waals surface area contributed by atoms with E-state index in [1.54, 1.807) is 13.2 Å². The van der Waals surface area contributed by atoms with E-state index in [0.717, 1.165) is 39.1 Å². The van der Waals surface area contributed by atoms with E-state index in [-0.39, 0.29) is 5.91 Å². The molecule has 1 aromatic rings. The first-order valence-corrected chi connectivity index (χ1v) is 6.95. The molecule has 0 radical (unpaired) electrons. The molecule has 7 nitrogen and oxygen atoms in total. The van der Waals surface area contributed by atoms with Gasteiger partial charge in [0.25, 0.3) is 5.91 Å². The summed E-state index contributed by atoms with van der Waals surface area (Å²) in [4.78, 5) is 14.2. The fourth-order valence-corrected chi connectivity index (χ4v) is 2.16. The minimum absolute atomic E-state index is 0.198. The fourth-order valence-electron chi connectivity index (χ4n) is 2.16. The first kappa shape index (κ1) is 15.0. The number of methoxy groups -OCH3 is 1. The van der Waals surface area contributed by atoms with Gasteiger partial charge in [-0.3, -0.25) is 4.79 Å².